The number of halogens is 3. The number of hydrogen-bond acceptors (Lipinski definition) is 1. The van der Waals surface area contributed by atoms with Gasteiger partial charge in [-0.05, 0) is 6.92 Å². The first-order valence-electron chi connectivity index (χ1n) is 2.83. The van der Waals surface area contributed by atoms with E-state index in [-0.39, 0.29) is 5.57 Å². The third-order valence-electron chi connectivity index (χ3n) is 0.837. The summed E-state index contributed by atoms with van der Waals surface area (Å²) in [4.78, 5) is 10.5. The SMILES string of the molecule is C=C(C)C(=O)NCC(F)(F)F. The lowest BCUT2D eigenvalue weighted by molar-refractivity contribution is -0.136. The molecule has 0 radical (unpaired) electrons. The average Bonchev–Trinajstić information content (AvgIpc) is 1.80. The number of nitrogens with one attached hydrogen (secondary N) is 1. The minimum atomic E-state index is -4.36. The second-order valence-corrected chi connectivity index (χ2v) is 2.08. The van der Waals surface area contributed by atoms with Gasteiger partial charge in [-0.1, -0.05) is 6.58 Å². The molecule has 0 bridgehead atoms. The van der Waals surface area contributed by atoms with Crippen molar-refractivity contribution in [1.29, 1.82) is 0 Å². The van der Waals surface area contributed by atoms with E-state index in [4.69, 9.17) is 0 Å². The van der Waals surface area contributed by atoms with E-state index in [9.17, 15) is 18.0 Å². The fourth-order valence-corrected chi connectivity index (χ4v) is 0.331. The maximum atomic E-state index is 11.4. The predicted octanol–water partition coefficient (Wildman–Crippen LogP) is 1.24. The molecule has 0 atom stereocenters. The molecule has 0 fully saturated rings. The lowest BCUT2D eigenvalue weighted by atomic mass is 10.3. The van der Waals surface area contributed by atoms with Gasteiger partial charge in [-0.15, -0.1) is 0 Å². The summed E-state index contributed by atoms with van der Waals surface area (Å²) in [6.45, 7) is 3.21. The van der Waals surface area contributed by atoms with Gasteiger partial charge in [-0.2, -0.15) is 13.2 Å². The molecule has 5 heteroatoms. The van der Waals surface area contributed by atoms with Crippen LogP contribution in [0.2, 0.25) is 0 Å². The Hall–Kier alpha value is -1.00. The zero-order valence-corrected chi connectivity index (χ0v) is 5.96. The van der Waals surface area contributed by atoms with Crippen LogP contribution in [0.1, 0.15) is 6.92 Å². The molecule has 0 heterocycles. The highest BCUT2D eigenvalue weighted by atomic mass is 19.4. The molecule has 11 heavy (non-hydrogen) atoms. The van der Waals surface area contributed by atoms with Gasteiger partial charge in [0.05, 0.1) is 0 Å². The maximum absolute atomic E-state index is 11.4. The lowest BCUT2D eigenvalue weighted by Gasteiger charge is -2.07. The normalized spacial score (nSPS) is 10.9. The number of rotatable bonds is 2. The van der Waals surface area contributed by atoms with Gasteiger partial charge in [0.2, 0.25) is 5.91 Å². The molecule has 2 nitrogen and oxygen atoms in total. The first-order valence-corrected chi connectivity index (χ1v) is 2.83. The van der Waals surface area contributed by atoms with E-state index < -0.39 is 18.6 Å². The van der Waals surface area contributed by atoms with Crippen molar-refractivity contribution in [3.8, 4) is 0 Å². The summed E-state index contributed by atoms with van der Waals surface area (Å²) >= 11 is 0. The van der Waals surface area contributed by atoms with E-state index in [0.717, 1.165) is 0 Å². The van der Waals surface area contributed by atoms with Gasteiger partial charge in [-0.25, -0.2) is 0 Å². The van der Waals surface area contributed by atoms with Crippen LogP contribution in [-0.2, 0) is 4.79 Å². The summed E-state index contributed by atoms with van der Waals surface area (Å²) in [5.41, 5.74) is 0.0641. The molecule has 0 spiro atoms. The summed E-state index contributed by atoms with van der Waals surface area (Å²) in [6.07, 6.45) is -4.36. The Labute approximate surface area is 62.1 Å². The monoisotopic (exact) mass is 167 g/mol. The average molecular weight is 167 g/mol. The van der Waals surface area contributed by atoms with Crippen LogP contribution >= 0.6 is 0 Å². The molecule has 1 N–H and O–H groups in total. The van der Waals surface area contributed by atoms with Crippen molar-refractivity contribution in [2.45, 2.75) is 13.1 Å². The molecular weight excluding hydrogens is 159 g/mol. The van der Waals surface area contributed by atoms with E-state index in [1.807, 2.05) is 0 Å². The van der Waals surface area contributed by atoms with Crippen molar-refractivity contribution < 1.29 is 18.0 Å². The van der Waals surface area contributed by atoms with Crippen LogP contribution in [0.15, 0.2) is 12.2 Å². The molecule has 0 aromatic rings. The van der Waals surface area contributed by atoms with Gasteiger partial charge in [0.25, 0.3) is 0 Å². The molecule has 0 saturated heterocycles. The molecule has 0 unspecified atom stereocenters. The second-order valence-electron chi connectivity index (χ2n) is 2.08. The number of amides is 1. The topological polar surface area (TPSA) is 29.1 Å². The highest BCUT2D eigenvalue weighted by Crippen LogP contribution is 2.12. The van der Waals surface area contributed by atoms with E-state index in [1.165, 1.54) is 6.92 Å². The Balaban J connectivity index is 3.73. The Bertz CT molecular complexity index is 173. The van der Waals surface area contributed by atoms with Crippen LogP contribution in [-0.4, -0.2) is 18.6 Å². The minimum Gasteiger partial charge on any atom is -0.343 e. The van der Waals surface area contributed by atoms with Crippen LogP contribution in [0, 0.1) is 0 Å². The molecule has 0 saturated carbocycles. The fourth-order valence-electron chi connectivity index (χ4n) is 0.331. The molecule has 0 aliphatic heterocycles. The Morgan fingerprint density at radius 3 is 2.27 bits per heavy atom. The van der Waals surface area contributed by atoms with Crippen LogP contribution in [0.25, 0.3) is 0 Å². The quantitative estimate of drug-likeness (QED) is 0.616. The van der Waals surface area contributed by atoms with Crippen LogP contribution in [0.5, 0.6) is 0 Å². The molecule has 0 aromatic carbocycles. The van der Waals surface area contributed by atoms with E-state index in [2.05, 4.69) is 6.58 Å². The van der Waals surface area contributed by atoms with Crippen molar-refractivity contribution in [3.05, 3.63) is 12.2 Å². The van der Waals surface area contributed by atoms with Crippen molar-refractivity contribution in [1.82, 2.24) is 5.32 Å². The van der Waals surface area contributed by atoms with Gasteiger partial charge in [0.1, 0.15) is 6.54 Å². The van der Waals surface area contributed by atoms with E-state index >= 15 is 0 Å². The Kier molecular flexibility index (Phi) is 3.10. The van der Waals surface area contributed by atoms with Crippen molar-refractivity contribution in [3.63, 3.8) is 0 Å². The van der Waals surface area contributed by atoms with Gasteiger partial charge >= 0.3 is 6.18 Å². The minimum absolute atomic E-state index is 0.0641. The van der Waals surface area contributed by atoms with Gasteiger partial charge in [0.15, 0.2) is 0 Å². The molecule has 0 rings (SSSR count). The largest absolute Gasteiger partial charge is 0.405 e. The first kappa shape index (κ1) is 10.0. The van der Waals surface area contributed by atoms with E-state index in [1.54, 1.807) is 5.32 Å². The summed E-state index contributed by atoms with van der Waals surface area (Å²) in [6, 6.07) is 0. The number of carbonyl (C=O) groups excluding carboxylic acids is 1. The number of carbonyl (C=O) groups is 1. The smallest absolute Gasteiger partial charge is 0.343 e. The van der Waals surface area contributed by atoms with Crippen molar-refractivity contribution >= 4 is 5.91 Å². The third kappa shape index (κ3) is 5.44. The van der Waals surface area contributed by atoms with Crippen molar-refractivity contribution in [2.75, 3.05) is 6.54 Å². The van der Waals surface area contributed by atoms with Gasteiger partial charge in [-0.3, -0.25) is 4.79 Å². The molecular formula is C6H8F3NO. The van der Waals surface area contributed by atoms with E-state index in [0.29, 0.717) is 0 Å². The lowest BCUT2D eigenvalue weighted by Crippen LogP contribution is -2.33. The standard InChI is InChI=1S/C6H8F3NO/c1-4(2)5(11)10-3-6(7,8)9/h1,3H2,2H3,(H,10,11). The number of hydrogen-bond donors (Lipinski definition) is 1. The maximum Gasteiger partial charge on any atom is 0.405 e. The molecule has 0 aliphatic carbocycles. The summed E-state index contributed by atoms with van der Waals surface area (Å²) in [5.74, 6) is -0.776. The van der Waals surface area contributed by atoms with Gasteiger partial charge < -0.3 is 5.32 Å². The molecule has 64 valence electrons. The molecule has 1 amide bonds. The molecule has 0 aromatic heterocycles. The van der Waals surface area contributed by atoms with Crippen LogP contribution < -0.4 is 5.32 Å². The van der Waals surface area contributed by atoms with Gasteiger partial charge in [0, 0.05) is 5.57 Å². The summed E-state index contributed by atoms with van der Waals surface area (Å²) in [7, 11) is 0. The van der Waals surface area contributed by atoms with Crippen LogP contribution in [0.3, 0.4) is 0 Å². The predicted molar refractivity (Wildman–Crippen MR) is 33.9 cm³/mol. The Morgan fingerprint density at radius 1 is 1.55 bits per heavy atom. The van der Waals surface area contributed by atoms with Crippen LogP contribution in [0.4, 0.5) is 13.2 Å². The third-order valence-corrected chi connectivity index (χ3v) is 0.837. The second kappa shape index (κ2) is 3.41. The molecule has 0 aliphatic rings. The number of alkyl halides is 3. The summed E-state index contributed by atoms with van der Waals surface area (Å²) < 4.78 is 34.3. The zero-order valence-electron chi connectivity index (χ0n) is 5.96. The first-order chi connectivity index (χ1) is 4.83. The highest BCUT2D eigenvalue weighted by molar-refractivity contribution is 5.92. The fraction of sp³-hybridized carbons (Fsp3) is 0.500. The highest BCUT2D eigenvalue weighted by Gasteiger charge is 2.27. The summed E-state index contributed by atoms with van der Waals surface area (Å²) in [5, 5.41) is 1.66. The Morgan fingerprint density at radius 2 is 2.00 bits per heavy atom. The zero-order chi connectivity index (χ0) is 9.07. The van der Waals surface area contributed by atoms with Crippen molar-refractivity contribution in [2.24, 2.45) is 0 Å².